The van der Waals surface area contributed by atoms with Gasteiger partial charge >= 0.3 is 5.69 Å². The van der Waals surface area contributed by atoms with E-state index in [1.807, 2.05) is 0 Å². The summed E-state index contributed by atoms with van der Waals surface area (Å²) >= 11 is 0. The maximum Gasteiger partial charge on any atom is 0.332 e. The molecule has 1 aromatic rings. The van der Waals surface area contributed by atoms with Gasteiger partial charge < -0.3 is 4.90 Å². The van der Waals surface area contributed by atoms with Crippen LogP contribution in [0.4, 0.5) is 17.5 Å². The van der Waals surface area contributed by atoms with Crippen LogP contribution in [0.25, 0.3) is 0 Å². The molecule has 1 unspecified atom stereocenters. The smallest absolute Gasteiger partial charge is 0.332 e. The van der Waals surface area contributed by atoms with Crippen molar-refractivity contribution in [2.24, 2.45) is 5.84 Å². The SMILES string of the molecule is Cc1nc(NN)nc(N(C)C2CCS(=O)(=O)C2)c1[N+](=O)[O-]. The highest BCUT2D eigenvalue weighted by molar-refractivity contribution is 7.91. The second kappa shape index (κ2) is 5.41. The lowest BCUT2D eigenvalue weighted by molar-refractivity contribution is -0.385. The molecule has 1 atom stereocenters. The Balaban J connectivity index is 2.46. The van der Waals surface area contributed by atoms with Gasteiger partial charge in [0.15, 0.2) is 9.84 Å². The van der Waals surface area contributed by atoms with Gasteiger partial charge in [0.1, 0.15) is 5.69 Å². The largest absolute Gasteiger partial charge is 0.350 e. The number of nitro groups is 1. The van der Waals surface area contributed by atoms with Crippen molar-refractivity contribution in [3.8, 4) is 0 Å². The molecule has 0 saturated carbocycles. The van der Waals surface area contributed by atoms with Crippen LogP contribution < -0.4 is 16.2 Å². The van der Waals surface area contributed by atoms with E-state index in [4.69, 9.17) is 5.84 Å². The quantitative estimate of drug-likeness (QED) is 0.430. The van der Waals surface area contributed by atoms with Gasteiger partial charge in [0.2, 0.25) is 11.8 Å². The van der Waals surface area contributed by atoms with Crippen LogP contribution in [0, 0.1) is 17.0 Å². The summed E-state index contributed by atoms with van der Waals surface area (Å²) in [7, 11) is -1.52. The molecule has 0 bridgehead atoms. The number of nitrogens with zero attached hydrogens (tertiary/aromatic N) is 4. The minimum absolute atomic E-state index is 0.0424. The molecule has 0 aromatic carbocycles. The predicted molar refractivity (Wildman–Crippen MR) is 76.7 cm³/mol. The van der Waals surface area contributed by atoms with E-state index in [1.54, 1.807) is 7.05 Å². The van der Waals surface area contributed by atoms with Gasteiger partial charge in [0.25, 0.3) is 0 Å². The summed E-state index contributed by atoms with van der Waals surface area (Å²) in [5.74, 6) is 5.38. The maximum absolute atomic E-state index is 11.6. The van der Waals surface area contributed by atoms with E-state index in [1.165, 1.54) is 11.8 Å². The Morgan fingerprint density at radius 3 is 2.62 bits per heavy atom. The minimum atomic E-state index is -3.10. The van der Waals surface area contributed by atoms with Gasteiger partial charge in [-0.15, -0.1) is 0 Å². The Morgan fingerprint density at radius 1 is 1.48 bits per heavy atom. The molecule has 2 rings (SSSR count). The first-order valence-corrected chi connectivity index (χ1v) is 8.00. The summed E-state index contributed by atoms with van der Waals surface area (Å²) in [6.07, 6.45) is 0.407. The van der Waals surface area contributed by atoms with E-state index in [2.05, 4.69) is 15.4 Å². The molecule has 0 radical (unpaired) electrons. The molecule has 1 saturated heterocycles. The average molecular weight is 316 g/mol. The van der Waals surface area contributed by atoms with Crippen molar-refractivity contribution in [3.63, 3.8) is 0 Å². The molecule has 2 heterocycles. The van der Waals surface area contributed by atoms with Crippen molar-refractivity contribution in [2.45, 2.75) is 19.4 Å². The lowest BCUT2D eigenvalue weighted by atomic mass is 10.2. The molecule has 0 spiro atoms. The summed E-state index contributed by atoms with van der Waals surface area (Å²) in [5, 5.41) is 11.2. The van der Waals surface area contributed by atoms with E-state index in [9.17, 15) is 18.5 Å². The number of nitrogen functional groups attached to an aromatic ring is 1. The van der Waals surface area contributed by atoms with E-state index in [0.717, 1.165) is 0 Å². The monoisotopic (exact) mass is 316 g/mol. The number of nitrogens with two attached hydrogens (primary N) is 1. The van der Waals surface area contributed by atoms with Crippen LogP contribution in [0.15, 0.2) is 0 Å². The van der Waals surface area contributed by atoms with Crippen molar-refractivity contribution in [3.05, 3.63) is 15.8 Å². The van der Waals surface area contributed by atoms with Gasteiger partial charge in [0, 0.05) is 13.1 Å². The molecule has 116 valence electrons. The van der Waals surface area contributed by atoms with E-state index in [0.29, 0.717) is 6.42 Å². The number of hydrogen-bond acceptors (Lipinski definition) is 9. The highest BCUT2D eigenvalue weighted by Gasteiger charge is 2.35. The zero-order valence-electron chi connectivity index (χ0n) is 11.6. The lowest BCUT2D eigenvalue weighted by Gasteiger charge is -2.24. The normalized spacial score (nSPS) is 20.2. The van der Waals surface area contributed by atoms with Crippen LogP contribution in [0.2, 0.25) is 0 Å². The van der Waals surface area contributed by atoms with Crippen LogP contribution in [-0.2, 0) is 9.84 Å². The molecule has 21 heavy (non-hydrogen) atoms. The fourth-order valence-electron chi connectivity index (χ4n) is 2.33. The Morgan fingerprint density at radius 2 is 2.14 bits per heavy atom. The zero-order valence-corrected chi connectivity index (χ0v) is 12.4. The summed E-state index contributed by atoms with van der Waals surface area (Å²) < 4.78 is 23.1. The highest BCUT2D eigenvalue weighted by atomic mass is 32.2. The second-order valence-electron chi connectivity index (χ2n) is 4.87. The Hall–Kier alpha value is -2.01. The number of aryl methyl sites for hydroxylation is 1. The number of hydrazine groups is 1. The summed E-state index contributed by atoms with van der Waals surface area (Å²) in [5.41, 5.74) is 2.16. The minimum Gasteiger partial charge on any atom is -0.350 e. The van der Waals surface area contributed by atoms with E-state index in [-0.39, 0.29) is 40.7 Å². The molecule has 1 aliphatic heterocycles. The number of hydrogen-bond donors (Lipinski definition) is 2. The topological polar surface area (TPSA) is 144 Å². The van der Waals surface area contributed by atoms with Gasteiger partial charge in [0.05, 0.1) is 16.4 Å². The average Bonchev–Trinajstić information content (AvgIpc) is 2.76. The van der Waals surface area contributed by atoms with Crippen LogP contribution in [-0.4, -0.2) is 47.9 Å². The van der Waals surface area contributed by atoms with Gasteiger partial charge in [-0.05, 0) is 13.3 Å². The molecule has 1 aliphatic rings. The van der Waals surface area contributed by atoms with Crippen LogP contribution in [0.1, 0.15) is 12.1 Å². The van der Waals surface area contributed by atoms with Crippen LogP contribution in [0.3, 0.4) is 0 Å². The first kappa shape index (κ1) is 15.4. The lowest BCUT2D eigenvalue weighted by Crippen LogP contribution is -2.34. The van der Waals surface area contributed by atoms with Gasteiger partial charge in [-0.3, -0.25) is 15.5 Å². The number of anilines is 2. The molecular formula is C10H16N6O4S. The van der Waals surface area contributed by atoms with Crippen molar-refractivity contribution >= 4 is 27.3 Å². The predicted octanol–water partition coefficient (Wildman–Crippen LogP) is -0.398. The number of aromatic nitrogens is 2. The summed E-state index contributed by atoms with van der Waals surface area (Å²) in [6, 6.07) is -0.353. The van der Waals surface area contributed by atoms with E-state index >= 15 is 0 Å². The molecule has 10 nitrogen and oxygen atoms in total. The standard InChI is InChI=1S/C10H16N6O4S/c1-6-8(16(17)18)9(13-10(12-6)14-11)15(2)7-3-4-21(19,20)5-7/h7H,3-5,11H2,1-2H3,(H,12,13,14). The van der Waals surface area contributed by atoms with Gasteiger partial charge in [-0.2, -0.15) is 4.98 Å². The van der Waals surface area contributed by atoms with Crippen LogP contribution in [0.5, 0.6) is 0 Å². The molecular weight excluding hydrogens is 300 g/mol. The summed E-state index contributed by atoms with van der Waals surface area (Å²) in [6.45, 7) is 1.48. The molecule has 1 aromatic heterocycles. The third kappa shape index (κ3) is 3.03. The molecule has 0 aliphatic carbocycles. The van der Waals surface area contributed by atoms with Crippen LogP contribution >= 0.6 is 0 Å². The second-order valence-corrected chi connectivity index (χ2v) is 7.10. The number of rotatable bonds is 4. The molecule has 3 N–H and O–H groups in total. The fraction of sp³-hybridized carbons (Fsp3) is 0.600. The molecule has 0 amide bonds. The van der Waals surface area contributed by atoms with Gasteiger partial charge in [-0.1, -0.05) is 0 Å². The third-order valence-electron chi connectivity index (χ3n) is 3.44. The maximum atomic E-state index is 11.6. The zero-order chi connectivity index (χ0) is 15.8. The number of nitrogens with one attached hydrogen (secondary N) is 1. The molecule has 11 heteroatoms. The highest BCUT2D eigenvalue weighted by Crippen LogP contribution is 2.32. The Kier molecular flexibility index (Phi) is 3.96. The van der Waals surface area contributed by atoms with E-state index < -0.39 is 14.8 Å². The van der Waals surface area contributed by atoms with Gasteiger partial charge in [-0.25, -0.2) is 19.2 Å². The first-order chi connectivity index (χ1) is 9.75. The fourth-order valence-corrected chi connectivity index (χ4v) is 4.10. The van der Waals surface area contributed by atoms with Crippen molar-refractivity contribution < 1.29 is 13.3 Å². The number of sulfone groups is 1. The third-order valence-corrected chi connectivity index (χ3v) is 5.19. The van der Waals surface area contributed by atoms with Crippen molar-refractivity contribution in [1.82, 2.24) is 9.97 Å². The summed E-state index contributed by atoms with van der Waals surface area (Å²) in [4.78, 5) is 20.0. The Bertz CT molecular complexity index is 676. The Labute approximate surface area is 121 Å². The van der Waals surface area contributed by atoms with Crippen molar-refractivity contribution in [2.75, 3.05) is 28.9 Å². The molecule has 1 fully saturated rings. The first-order valence-electron chi connectivity index (χ1n) is 6.18. The van der Waals surface area contributed by atoms with Crippen molar-refractivity contribution in [1.29, 1.82) is 0 Å².